The molecule has 2 N–H and O–H groups in total. The zero-order chi connectivity index (χ0) is 18.5. The average molecular weight is 347 g/mol. The molecule has 0 aliphatic heterocycles. The predicted octanol–water partition coefficient (Wildman–Crippen LogP) is 2.15. The van der Waals surface area contributed by atoms with Crippen molar-refractivity contribution in [2.24, 2.45) is 0 Å². The van der Waals surface area contributed by atoms with Crippen molar-refractivity contribution in [2.75, 3.05) is 27.9 Å². The van der Waals surface area contributed by atoms with Gasteiger partial charge in [0.1, 0.15) is 11.5 Å². The van der Waals surface area contributed by atoms with Gasteiger partial charge < -0.3 is 24.6 Å². The lowest BCUT2D eigenvalue weighted by Gasteiger charge is -2.08. The number of rotatable bonds is 7. The van der Waals surface area contributed by atoms with Crippen molar-refractivity contribution in [1.29, 1.82) is 0 Å². The second-order valence-corrected chi connectivity index (χ2v) is 4.96. The molecule has 0 atom stereocenters. The van der Waals surface area contributed by atoms with Gasteiger partial charge in [0.15, 0.2) is 0 Å². The maximum atomic E-state index is 10.8. The summed E-state index contributed by atoms with van der Waals surface area (Å²) in [6, 6.07) is 15.1. The van der Waals surface area contributed by atoms with Crippen LogP contribution in [-0.4, -0.2) is 38.9 Å². The third-order valence-corrected chi connectivity index (χ3v) is 3.37. The molecule has 0 unspecified atom stereocenters. The quantitative estimate of drug-likeness (QED) is 0.748. The number of methoxy groups -OCH3 is 3. The minimum Gasteiger partial charge on any atom is -0.496 e. The number of benzene rings is 2. The van der Waals surface area contributed by atoms with E-state index < -0.39 is 0 Å². The highest BCUT2D eigenvalue weighted by Gasteiger charge is 2.03. The van der Waals surface area contributed by atoms with Crippen molar-refractivity contribution in [2.45, 2.75) is 13.2 Å². The molecule has 0 heterocycles. The Morgan fingerprint density at radius 1 is 0.920 bits per heavy atom. The number of ether oxygens (including phenoxy) is 3. The molecule has 25 heavy (non-hydrogen) atoms. The molecule has 6 heteroatoms. The molecule has 0 spiro atoms. The van der Waals surface area contributed by atoms with Crippen molar-refractivity contribution < 1.29 is 24.1 Å². The summed E-state index contributed by atoms with van der Waals surface area (Å²) in [6.07, 6.45) is 0. The predicted molar refractivity (Wildman–Crippen MR) is 95.6 cm³/mol. The first-order valence-electron chi connectivity index (χ1n) is 7.78. The number of aliphatic hydroxyl groups excluding tert-OH is 1. The second kappa shape index (κ2) is 11.9. The van der Waals surface area contributed by atoms with Crippen LogP contribution in [0.4, 0.5) is 0 Å². The Hall–Kier alpha value is -2.57. The average Bonchev–Trinajstić information content (AvgIpc) is 2.68. The van der Waals surface area contributed by atoms with Crippen LogP contribution in [0.25, 0.3) is 0 Å². The smallest absolute Gasteiger partial charge is 0.319 e. The number of carbonyl (C=O) groups excluding carboxylic acids is 1. The van der Waals surface area contributed by atoms with Crippen LogP contribution < -0.4 is 14.8 Å². The number of aliphatic hydroxyl groups is 1. The third-order valence-electron chi connectivity index (χ3n) is 3.37. The monoisotopic (exact) mass is 347 g/mol. The van der Waals surface area contributed by atoms with E-state index in [-0.39, 0.29) is 19.1 Å². The number of hydrogen-bond donors (Lipinski definition) is 2. The molecular formula is C19H25NO5. The second-order valence-electron chi connectivity index (χ2n) is 4.96. The van der Waals surface area contributed by atoms with Gasteiger partial charge >= 0.3 is 5.97 Å². The van der Waals surface area contributed by atoms with Crippen molar-refractivity contribution >= 4 is 5.97 Å². The topological polar surface area (TPSA) is 77.0 Å². The van der Waals surface area contributed by atoms with Crippen LogP contribution in [0.15, 0.2) is 48.5 Å². The maximum Gasteiger partial charge on any atom is 0.319 e. The fraction of sp³-hybridized carbons (Fsp3) is 0.316. The van der Waals surface area contributed by atoms with E-state index in [9.17, 15) is 4.79 Å². The fourth-order valence-corrected chi connectivity index (χ4v) is 2.05. The van der Waals surface area contributed by atoms with Gasteiger partial charge in [-0.1, -0.05) is 36.4 Å². The van der Waals surface area contributed by atoms with Crippen LogP contribution >= 0.6 is 0 Å². The molecule has 6 nitrogen and oxygen atoms in total. The molecule has 2 aromatic rings. The molecule has 0 saturated heterocycles. The summed E-state index contributed by atoms with van der Waals surface area (Å²) in [5.74, 6) is 1.28. The minimum atomic E-state index is -0.273. The van der Waals surface area contributed by atoms with E-state index in [0.29, 0.717) is 6.54 Å². The van der Waals surface area contributed by atoms with Crippen LogP contribution in [0.3, 0.4) is 0 Å². The van der Waals surface area contributed by atoms with Crippen molar-refractivity contribution in [1.82, 2.24) is 5.32 Å². The van der Waals surface area contributed by atoms with Gasteiger partial charge in [-0.15, -0.1) is 0 Å². The number of nitrogens with one attached hydrogen (secondary N) is 1. The Morgan fingerprint density at radius 3 is 1.92 bits per heavy atom. The van der Waals surface area contributed by atoms with Crippen molar-refractivity contribution in [3.8, 4) is 11.5 Å². The Bertz CT molecular complexity index is 622. The van der Waals surface area contributed by atoms with Gasteiger partial charge in [-0.25, -0.2) is 0 Å². The summed E-state index contributed by atoms with van der Waals surface area (Å²) >= 11 is 0. The SMILES string of the molecule is COC(=O)CNCc1ccccc1OC.COc1ccccc1CO. The Labute approximate surface area is 148 Å². The first kappa shape index (κ1) is 20.5. The van der Waals surface area contributed by atoms with E-state index in [2.05, 4.69) is 10.1 Å². The zero-order valence-corrected chi connectivity index (χ0v) is 14.8. The number of para-hydroxylation sites is 2. The molecule has 0 radical (unpaired) electrons. The molecule has 2 rings (SSSR count). The van der Waals surface area contributed by atoms with Crippen LogP contribution in [0.2, 0.25) is 0 Å². The van der Waals surface area contributed by atoms with Crippen molar-refractivity contribution in [3.63, 3.8) is 0 Å². The third kappa shape index (κ3) is 7.24. The minimum absolute atomic E-state index is 0.0318. The normalized spacial score (nSPS) is 9.60. The molecule has 2 aromatic carbocycles. The van der Waals surface area contributed by atoms with Gasteiger partial charge in [-0.3, -0.25) is 4.79 Å². The molecule has 0 aromatic heterocycles. The Morgan fingerprint density at radius 2 is 1.44 bits per heavy atom. The van der Waals surface area contributed by atoms with Crippen LogP contribution in [0.1, 0.15) is 11.1 Å². The molecule has 0 fully saturated rings. The largest absolute Gasteiger partial charge is 0.496 e. The van der Waals surface area contributed by atoms with Gasteiger partial charge in [0, 0.05) is 17.7 Å². The van der Waals surface area contributed by atoms with Crippen LogP contribution in [0, 0.1) is 0 Å². The molecule has 0 saturated carbocycles. The zero-order valence-electron chi connectivity index (χ0n) is 14.8. The van der Waals surface area contributed by atoms with Crippen molar-refractivity contribution in [3.05, 3.63) is 59.7 Å². The standard InChI is InChI=1S/C11H15NO3.C8H10O2/c1-14-10-6-4-3-5-9(10)7-12-8-11(13)15-2;1-10-8-5-3-2-4-7(8)6-9/h3-6,12H,7-8H2,1-2H3;2-5,9H,6H2,1H3. The van der Waals surface area contributed by atoms with Crippen LogP contribution in [-0.2, 0) is 22.7 Å². The number of carbonyl (C=O) groups is 1. The first-order valence-corrected chi connectivity index (χ1v) is 7.78. The van der Waals surface area contributed by atoms with E-state index in [1.54, 1.807) is 14.2 Å². The van der Waals surface area contributed by atoms with E-state index in [1.807, 2.05) is 48.5 Å². The fourth-order valence-electron chi connectivity index (χ4n) is 2.05. The molecule has 0 aliphatic carbocycles. The van der Waals surface area contributed by atoms with E-state index in [1.165, 1.54) is 7.11 Å². The summed E-state index contributed by atoms with van der Waals surface area (Å²) in [4.78, 5) is 10.8. The highest BCUT2D eigenvalue weighted by molar-refractivity contribution is 5.71. The molecule has 0 aliphatic rings. The van der Waals surface area contributed by atoms with Gasteiger partial charge in [0.25, 0.3) is 0 Å². The van der Waals surface area contributed by atoms with E-state index in [0.717, 1.165) is 22.6 Å². The van der Waals surface area contributed by atoms with Gasteiger partial charge in [-0.05, 0) is 12.1 Å². The highest BCUT2D eigenvalue weighted by atomic mass is 16.5. The summed E-state index contributed by atoms with van der Waals surface area (Å²) in [5.41, 5.74) is 1.84. The summed E-state index contributed by atoms with van der Waals surface area (Å²) < 4.78 is 14.7. The first-order chi connectivity index (χ1) is 12.2. The van der Waals surface area contributed by atoms with Gasteiger partial charge in [-0.2, -0.15) is 0 Å². The van der Waals surface area contributed by atoms with Crippen LogP contribution in [0.5, 0.6) is 11.5 Å². The number of hydrogen-bond acceptors (Lipinski definition) is 6. The molecular weight excluding hydrogens is 322 g/mol. The summed E-state index contributed by atoms with van der Waals surface area (Å²) in [6.45, 7) is 0.817. The highest BCUT2D eigenvalue weighted by Crippen LogP contribution is 2.17. The Balaban J connectivity index is 0.000000271. The summed E-state index contributed by atoms with van der Waals surface area (Å²) in [5, 5.41) is 11.7. The molecule has 0 bridgehead atoms. The van der Waals surface area contributed by atoms with Gasteiger partial charge in [0.2, 0.25) is 0 Å². The maximum absolute atomic E-state index is 10.8. The lowest BCUT2D eigenvalue weighted by atomic mass is 10.2. The molecule has 0 amide bonds. The lowest BCUT2D eigenvalue weighted by Crippen LogP contribution is -2.23. The number of esters is 1. The molecule has 136 valence electrons. The van der Waals surface area contributed by atoms with E-state index >= 15 is 0 Å². The Kier molecular flexibility index (Phi) is 9.74. The van der Waals surface area contributed by atoms with E-state index in [4.69, 9.17) is 14.6 Å². The summed E-state index contributed by atoms with van der Waals surface area (Å²) in [7, 11) is 4.58. The lowest BCUT2D eigenvalue weighted by molar-refractivity contribution is -0.139. The van der Waals surface area contributed by atoms with Gasteiger partial charge in [0.05, 0.1) is 34.5 Å².